The summed E-state index contributed by atoms with van der Waals surface area (Å²) in [5, 5.41) is 0. The fourth-order valence-electron chi connectivity index (χ4n) is 3.09. The molecule has 0 unspecified atom stereocenters. The molecule has 2 N–H and O–H groups in total. The van der Waals surface area contributed by atoms with Gasteiger partial charge in [0.2, 0.25) is 11.9 Å². The summed E-state index contributed by atoms with van der Waals surface area (Å²) in [5.74, 6) is 0.400. The first-order valence-corrected chi connectivity index (χ1v) is 8.50. The molecular weight excluding hydrogens is 314 g/mol. The summed E-state index contributed by atoms with van der Waals surface area (Å²) in [7, 11) is 0. The van der Waals surface area contributed by atoms with Crippen LogP contribution in [0.1, 0.15) is 37.6 Å². The van der Waals surface area contributed by atoms with Gasteiger partial charge in [-0.2, -0.15) is 0 Å². The van der Waals surface area contributed by atoms with Crippen molar-refractivity contribution in [3.63, 3.8) is 0 Å². The van der Waals surface area contributed by atoms with Crippen LogP contribution in [0, 0.1) is 0 Å². The van der Waals surface area contributed by atoms with Crippen LogP contribution < -0.4 is 5.73 Å². The van der Waals surface area contributed by atoms with Crippen LogP contribution in [-0.2, 0) is 24.4 Å². The molecule has 0 radical (unpaired) electrons. The molecule has 1 aromatic carbocycles. The van der Waals surface area contributed by atoms with Crippen molar-refractivity contribution in [1.82, 2.24) is 19.8 Å². The van der Waals surface area contributed by atoms with Gasteiger partial charge in [-0.05, 0) is 26.3 Å². The van der Waals surface area contributed by atoms with E-state index in [0.717, 1.165) is 16.8 Å². The number of hydrogen-bond acceptors (Lipinski definition) is 5. The van der Waals surface area contributed by atoms with Crippen molar-refractivity contribution in [2.75, 3.05) is 12.3 Å². The van der Waals surface area contributed by atoms with Crippen LogP contribution in [0.3, 0.4) is 0 Å². The van der Waals surface area contributed by atoms with E-state index in [0.29, 0.717) is 26.2 Å². The molecule has 132 valence electrons. The van der Waals surface area contributed by atoms with Gasteiger partial charge in [0.15, 0.2) is 0 Å². The molecular formula is C19H25N5O. The van der Waals surface area contributed by atoms with E-state index in [1.165, 1.54) is 0 Å². The minimum Gasteiger partial charge on any atom is -0.368 e. The highest BCUT2D eigenvalue weighted by Gasteiger charge is 2.30. The highest BCUT2D eigenvalue weighted by molar-refractivity contribution is 5.79. The van der Waals surface area contributed by atoms with E-state index in [1.807, 2.05) is 23.1 Å². The Labute approximate surface area is 148 Å². The SMILES string of the molecule is CC(C)(C)N(Cc1ccccc1)C(=O)CN1Cc2cnc(N)nc2C1. The number of fused-ring (bicyclic) bond motifs is 1. The second kappa shape index (κ2) is 6.80. The Morgan fingerprint density at radius 2 is 1.96 bits per heavy atom. The number of benzene rings is 1. The lowest BCUT2D eigenvalue weighted by Crippen LogP contribution is -2.48. The highest BCUT2D eigenvalue weighted by atomic mass is 16.2. The molecule has 6 nitrogen and oxygen atoms in total. The lowest BCUT2D eigenvalue weighted by Gasteiger charge is -2.37. The molecule has 0 saturated carbocycles. The maximum Gasteiger partial charge on any atom is 0.237 e. The topological polar surface area (TPSA) is 75.4 Å². The molecule has 2 heterocycles. The highest BCUT2D eigenvalue weighted by Crippen LogP contribution is 2.23. The molecule has 0 bridgehead atoms. The standard InChI is InChI=1S/C19H25N5O/c1-19(2,3)24(10-14-7-5-4-6-8-14)17(25)13-23-11-15-9-21-18(20)22-16(15)12-23/h4-9H,10-13H2,1-3H3,(H2,20,21,22). The second-order valence-electron chi connectivity index (χ2n) is 7.48. The van der Waals surface area contributed by atoms with E-state index in [2.05, 4.69) is 47.8 Å². The zero-order chi connectivity index (χ0) is 18.0. The molecule has 6 heteroatoms. The first-order valence-electron chi connectivity index (χ1n) is 8.50. The van der Waals surface area contributed by atoms with E-state index in [-0.39, 0.29) is 17.4 Å². The van der Waals surface area contributed by atoms with Gasteiger partial charge in [-0.25, -0.2) is 9.97 Å². The third-order valence-electron chi connectivity index (χ3n) is 4.39. The molecule has 0 saturated heterocycles. The Balaban J connectivity index is 1.69. The van der Waals surface area contributed by atoms with E-state index in [1.54, 1.807) is 6.20 Å². The average molecular weight is 339 g/mol. The first kappa shape index (κ1) is 17.4. The molecule has 0 fully saturated rings. The number of nitrogens with two attached hydrogens (primary N) is 1. The van der Waals surface area contributed by atoms with E-state index in [9.17, 15) is 4.79 Å². The third kappa shape index (κ3) is 4.14. The van der Waals surface area contributed by atoms with Crippen molar-refractivity contribution in [2.45, 2.75) is 45.9 Å². The molecule has 0 aliphatic carbocycles. The number of nitrogens with zero attached hydrogens (tertiary/aromatic N) is 4. The smallest absolute Gasteiger partial charge is 0.237 e. The number of carbonyl (C=O) groups is 1. The predicted molar refractivity (Wildman–Crippen MR) is 97.3 cm³/mol. The molecule has 0 atom stereocenters. The number of hydrogen-bond donors (Lipinski definition) is 1. The second-order valence-corrected chi connectivity index (χ2v) is 7.48. The molecule has 1 amide bonds. The summed E-state index contributed by atoms with van der Waals surface area (Å²) >= 11 is 0. The number of rotatable bonds is 4. The van der Waals surface area contributed by atoms with Crippen molar-refractivity contribution in [3.05, 3.63) is 53.3 Å². The van der Waals surface area contributed by atoms with Crippen LogP contribution in [0.2, 0.25) is 0 Å². The molecule has 1 aliphatic rings. The number of nitrogen functional groups attached to an aromatic ring is 1. The summed E-state index contributed by atoms with van der Waals surface area (Å²) in [5.41, 5.74) is 8.51. The maximum atomic E-state index is 13.0. The monoisotopic (exact) mass is 339 g/mol. The normalized spacial score (nSPS) is 14.4. The van der Waals surface area contributed by atoms with Crippen molar-refractivity contribution in [1.29, 1.82) is 0 Å². The summed E-state index contributed by atoms with van der Waals surface area (Å²) in [4.78, 5) is 25.3. The lowest BCUT2D eigenvalue weighted by molar-refractivity contribution is -0.138. The molecule has 3 rings (SSSR count). The van der Waals surface area contributed by atoms with Gasteiger partial charge in [-0.1, -0.05) is 30.3 Å². The van der Waals surface area contributed by atoms with Crippen LogP contribution in [0.5, 0.6) is 0 Å². The van der Waals surface area contributed by atoms with Gasteiger partial charge in [-0.15, -0.1) is 0 Å². The van der Waals surface area contributed by atoms with Gasteiger partial charge in [-0.3, -0.25) is 9.69 Å². The Bertz CT molecular complexity index is 754. The Morgan fingerprint density at radius 3 is 2.64 bits per heavy atom. The Hall–Kier alpha value is -2.47. The van der Waals surface area contributed by atoms with Crippen LogP contribution >= 0.6 is 0 Å². The quantitative estimate of drug-likeness (QED) is 0.924. The first-order chi connectivity index (χ1) is 11.8. The van der Waals surface area contributed by atoms with Crippen molar-refractivity contribution >= 4 is 11.9 Å². The number of anilines is 1. The third-order valence-corrected chi connectivity index (χ3v) is 4.39. The van der Waals surface area contributed by atoms with E-state index < -0.39 is 0 Å². The van der Waals surface area contributed by atoms with Crippen LogP contribution in [-0.4, -0.2) is 37.8 Å². The van der Waals surface area contributed by atoms with E-state index >= 15 is 0 Å². The zero-order valence-corrected chi connectivity index (χ0v) is 15.1. The molecule has 2 aromatic rings. The number of aromatic nitrogens is 2. The van der Waals surface area contributed by atoms with Gasteiger partial charge >= 0.3 is 0 Å². The Kier molecular flexibility index (Phi) is 4.72. The molecule has 1 aliphatic heterocycles. The molecule has 1 aromatic heterocycles. The average Bonchev–Trinajstić information content (AvgIpc) is 2.93. The summed E-state index contributed by atoms with van der Waals surface area (Å²) in [6.07, 6.45) is 1.76. The van der Waals surface area contributed by atoms with Crippen LogP contribution in [0.4, 0.5) is 5.95 Å². The summed E-state index contributed by atoms with van der Waals surface area (Å²) < 4.78 is 0. The van der Waals surface area contributed by atoms with Crippen LogP contribution in [0.25, 0.3) is 0 Å². The zero-order valence-electron chi connectivity index (χ0n) is 15.1. The summed E-state index contributed by atoms with van der Waals surface area (Å²) in [6.45, 7) is 8.50. The lowest BCUT2D eigenvalue weighted by atomic mass is 10.0. The predicted octanol–water partition coefficient (Wildman–Crippen LogP) is 2.20. The van der Waals surface area contributed by atoms with Gasteiger partial charge in [0, 0.05) is 36.9 Å². The van der Waals surface area contributed by atoms with Crippen molar-refractivity contribution in [3.8, 4) is 0 Å². The summed E-state index contributed by atoms with van der Waals surface area (Å²) in [6, 6.07) is 10.1. The van der Waals surface area contributed by atoms with E-state index in [4.69, 9.17) is 5.73 Å². The fourth-order valence-corrected chi connectivity index (χ4v) is 3.09. The minimum atomic E-state index is -0.246. The largest absolute Gasteiger partial charge is 0.368 e. The van der Waals surface area contributed by atoms with Gasteiger partial charge in [0.05, 0.1) is 12.2 Å². The van der Waals surface area contributed by atoms with Gasteiger partial charge in [0.25, 0.3) is 0 Å². The number of carbonyl (C=O) groups excluding carboxylic acids is 1. The molecule has 25 heavy (non-hydrogen) atoms. The van der Waals surface area contributed by atoms with Crippen LogP contribution in [0.15, 0.2) is 36.5 Å². The minimum absolute atomic E-state index is 0.116. The van der Waals surface area contributed by atoms with Crippen molar-refractivity contribution < 1.29 is 4.79 Å². The van der Waals surface area contributed by atoms with Gasteiger partial charge in [0.1, 0.15) is 0 Å². The number of amides is 1. The van der Waals surface area contributed by atoms with Gasteiger partial charge < -0.3 is 10.6 Å². The Morgan fingerprint density at radius 1 is 1.24 bits per heavy atom. The fraction of sp³-hybridized carbons (Fsp3) is 0.421. The van der Waals surface area contributed by atoms with Crippen molar-refractivity contribution in [2.24, 2.45) is 0 Å². The maximum absolute atomic E-state index is 13.0. The molecule has 0 spiro atoms.